The molecule has 1 unspecified atom stereocenters. The van der Waals surface area contributed by atoms with Gasteiger partial charge in [0.05, 0.1) is 0 Å². The van der Waals surface area contributed by atoms with Crippen LogP contribution in [0.2, 0.25) is 0 Å². The van der Waals surface area contributed by atoms with E-state index in [4.69, 9.17) is 0 Å². The lowest BCUT2D eigenvalue weighted by Gasteiger charge is -2.23. The minimum Gasteiger partial charge on any atom is -0.313 e. The van der Waals surface area contributed by atoms with Crippen molar-refractivity contribution in [3.8, 4) is 0 Å². The molecule has 7 heteroatoms. The lowest BCUT2D eigenvalue weighted by atomic mass is 10.1. The number of hydrogen-bond donors (Lipinski definition) is 2. The van der Waals surface area contributed by atoms with Crippen molar-refractivity contribution in [2.75, 3.05) is 13.1 Å². The Bertz CT molecular complexity index is 501. The molecule has 18 heavy (non-hydrogen) atoms. The summed E-state index contributed by atoms with van der Waals surface area (Å²) in [6, 6.07) is 1.78. The highest BCUT2D eigenvalue weighted by atomic mass is 79.9. The van der Waals surface area contributed by atoms with E-state index in [0.29, 0.717) is 11.0 Å². The molecule has 2 N–H and O–H groups in total. The summed E-state index contributed by atoms with van der Waals surface area (Å²) in [5.41, 5.74) is 0. The van der Waals surface area contributed by atoms with Crippen LogP contribution in [0.4, 0.5) is 0 Å². The zero-order chi connectivity index (χ0) is 13.0. The number of aromatic nitrogens is 1. The maximum Gasteiger partial charge on any atom is 0.242 e. The zero-order valence-corrected chi connectivity index (χ0v) is 12.3. The molecule has 1 atom stereocenters. The fourth-order valence-electron chi connectivity index (χ4n) is 1.93. The van der Waals surface area contributed by atoms with Gasteiger partial charge >= 0.3 is 0 Å². The number of sulfonamides is 1. The van der Waals surface area contributed by atoms with Gasteiger partial charge in [-0.15, -0.1) is 0 Å². The zero-order valence-electron chi connectivity index (χ0n) is 9.89. The number of piperidine rings is 1. The molecule has 0 aliphatic carbocycles. The second-order valence-corrected chi connectivity index (χ2v) is 7.02. The van der Waals surface area contributed by atoms with Crippen molar-refractivity contribution in [3.63, 3.8) is 0 Å². The SMILES string of the molecule is O=S(=O)(NCC1CCCCN1)c1cncc(Br)c1. The van der Waals surface area contributed by atoms with Gasteiger partial charge in [-0.3, -0.25) is 4.98 Å². The van der Waals surface area contributed by atoms with Crippen molar-refractivity contribution in [1.82, 2.24) is 15.0 Å². The van der Waals surface area contributed by atoms with E-state index in [-0.39, 0.29) is 10.9 Å². The quantitative estimate of drug-likeness (QED) is 0.870. The molecule has 0 aromatic carbocycles. The summed E-state index contributed by atoms with van der Waals surface area (Å²) >= 11 is 3.22. The summed E-state index contributed by atoms with van der Waals surface area (Å²) in [6.07, 6.45) is 6.24. The molecule has 0 saturated carbocycles. The smallest absolute Gasteiger partial charge is 0.242 e. The first kappa shape index (κ1) is 13.9. The van der Waals surface area contributed by atoms with Gasteiger partial charge in [-0.05, 0) is 41.4 Å². The molecule has 1 fully saturated rings. The van der Waals surface area contributed by atoms with Crippen molar-refractivity contribution < 1.29 is 8.42 Å². The van der Waals surface area contributed by atoms with E-state index >= 15 is 0 Å². The van der Waals surface area contributed by atoms with Crippen LogP contribution in [-0.2, 0) is 10.0 Å². The van der Waals surface area contributed by atoms with E-state index in [0.717, 1.165) is 19.4 Å². The van der Waals surface area contributed by atoms with E-state index in [1.807, 2.05) is 0 Å². The molecule has 2 heterocycles. The maximum absolute atomic E-state index is 12.0. The Labute approximate surface area is 116 Å². The van der Waals surface area contributed by atoms with Crippen LogP contribution in [0.15, 0.2) is 27.8 Å². The van der Waals surface area contributed by atoms with Gasteiger partial charge in [0.25, 0.3) is 0 Å². The molecular weight excluding hydrogens is 318 g/mol. The Morgan fingerprint density at radius 1 is 1.44 bits per heavy atom. The lowest BCUT2D eigenvalue weighted by Crippen LogP contribution is -2.43. The third-order valence-electron chi connectivity index (χ3n) is 2.92. The van der Waals surface area contributed by atoms with Crippen LogP contribution in [0.3, 0.4) is 0 Å². The molecule has 2 rings (SSSR count). The van der Waals surface area contributed by atoms with Crippen LogP contribution in [0.1, 0.15) is 19.3 Å². The predicted molar refractivity (Wildman–Crippen MR) is 72.8 cm³/mol. The topological polar surface area (TPSA) is 71.1 Å². The predicted octanol–water partition coefficient (Wildman–Crippen LogP) is 1.26. The summed E-state index contributed by atoms with van der Waals surface area (Å²) < 4.78 is 27.3. The average molecular weight is 334 g/mol. The van der Waals surface area contributed by atoms with E-state index in [2.05, 4.69) is 31.0 Å². The minimum absolute atomic E-state index is 0.188. The number of halogens is 1. The lowest BCUT2D eigenvalue weighted by molar-refractivity contribution is 0.398. The van der Waals surface area contributed by atoms with Gasteiger partial charge in [-0.2, -0.15) is 0 Å². The first-order valence-corrected chi connectivity index (χ1v) is 8.19. The van der Waals surface area contributed by atoms with Gasteiger partial charge in [0.15, 0.2) is 0 Å². The van der Waals surface area contributed by atoms with E-state index in [9.17, 15) is 8.42 Å². The molecule has 1 aromatic rings. The molecule has 0 radical (unpaired) electrons. The number of pyridine rings is 1. The number of rotatable bonds is 4. The van der Waals surface area contributed by atoms with E-state index in [1.165, 1.54) is 12.6 Å². The molecule has 1 aliphatic rings. The Morgan fingerprint density at radius 3 is 2.94 bits per heavy atom. The van der Waals surface area contributed by atoms with Crippen LogP contribution < -0.4 is 10.0 Å². The first-order valence-electron chi connectivity index (χ1n) is 5.91. The fraction of sp³-hybridized carbons (Fsp3) is 0.545. The summed E-state index contributed by atoms with van der Waals surface area (Å²) in [5.74, 6) is 0. The molecule has 1 saturated heterocycles. The third kappa shape index (κ3) is 3.74. The van der Waals surface area contributed by atoms with Crippen LogP contribution in [0, 0.1) is 0 Å². The van der Waals surface area contributed by atoms with E-state index in [1.54, 1.807) is 12.3 Å². The average Bonchev–Trinajstić information content (AvgIpc) is 2.38. The van der Waals surface area contributed by atoms with Gasteiger partial charge in [0.1, 0.15) is 4.90 Å². The van der Waals surface area contributed by atoms with Crippen LogP contribution in [0.5, 0.6) is 0 Å². The molecule has 0 bridgehead atoms. The Morgan fingerprint density at radius 2 is 2.28 bits per heavy atom. The van der Waals surface area contributed by atoms with Gasteiger partial charge in [-0.1, -0.05) is 6.42 Å². The molecule has 0 spiro atoms. The van der Waals surface area contributed by atoms with Crippen LogP contribution in [0.25, 0.3) is 0 Å². The van der Waals surface area contributed by atoms with Crippen molar-refractivity contribution in [1.29, 1.82) is 0 Å². The molecule has 1 aliphatic heterocycles. The minimum atomic E-state index is -3.46. The Hall–Kier alpha value is -0.500. The van der Waals surface area contributed by atoms with Gasteiger partial charge in [0, 0.05) is 29.5 Å². The van der Waals surface area contributed by atoms with Crippen molar-refractivity contribution in [3.05, 3.63) is 22.9 Å². The summed E-state index contributed by atoms with van der Waals surface area (Å²) in [5, 5.41) is 3.30. The van der Waals surface area contributed by atoms with Gasteiger partial charge in [0.2, 0.25) is 10.0 Å². The van der Waals surface area contributed by atoms with Crippen molar-refractivity contribution >= 4 is 26.0 Å². The standard InChI is InChI=1S/C11H16BrN3O2S/c12-9-5-11(8-13-6-9)18(16,17)15-7-10-3-1-2-4-14-10/h5-6,8,10,14-15H,1-4,7H2. The molecular formula is C11H16BrN3O2S. The summed E-state index contributed by atoms with van der Waals surface area (Å²) in [4.78, 5) is 4.05. The van der Waals surface area contributed by atoms with Crippen molar-refractivity contribution in [2.24, 2.45) is 0 Å². The van der Waals surface area contributed by atoms with Crippen LogP contribution >= 0.6 is 15.9 Å². The van der Waals surface area contributed by atoms with E-state index < -0.39 is 10.0 Å². The molecule has 100 valence electrons. The summed E-state index contributed by atoms with van der Waals surface area (Å²) in [6.45, 7) is 1.39. The normalized spacial score (nSPS) is 20.8. The van der Waals surface area contributed by atoms with Gasteiger partial charge < -0.3 is 5.32 Å². The monoisotopic (exact) mass is 333 g/mol. The largest absolute Gasteiger partial charge is 0.313 e. The number of hydrogen-bond acceptors (Lipinski definition) is 4. The third-order valence-corrected chi connectivity index (χ3v) is 4.75. The second-order valence-electron chi connectivity index (χ2n) is 4.34. The first-order chi connectivity index (χ1) is 8.58. The van der Waals surface area contributed by atoms with Gasteiger partial charge in [-0.25, -0.2) is 13.1 Å². The number of nitrogens with one attached hydrogen (secondary N) is 2. The summed E-state index contributed by atoms with van der Waals surface area (Å²) in [7, 11) is -3.46. The maximum atomic E-state index is 12.0. The molecule has 5 nitrogen and oxygen atoms in total. The number of nitrogens with zero attached hydrogens (tertiary/aromatic N) is 1. The second kappa shape index (κ2) is 6.10. The molecule has 0 amide bonds. The Balaban J connectivity index is 1.98. The van der Waals surface area contributed by atoms with Crippen molar-refractivity contribution in [2.45, 2.75) is 30.2 Å². The Kier molecular flexibility index (Phi) is 4.71. The molecule has 1 aromatic heterocycles. The fourth-order valence-corrected chi connectivity index (χ4v) is 3.52. The highest BCUT2D eigenvalue weighted by Gasteiger charge is 2.18. The van der Waals surface area contributed by atoms with Crippen LogP contribution in [-0.4, -0.2) is 32.5 Å². The highest BCUT2D eigenvalue weighted by Crippen LogP contribution is 2.14. The highest BCUT2D eigenvalue weighted by molar-refractivity contribution is 9.10.